The van der Waals surface area contributed by atoms with Crippen LogP contribution in [0, 0.1) is 5.82 Å². The molecule has 1 fully saturated rings. The Balaban J connectivity index is 1.50. The lowest BCUT2D eigenvalue weighted by atomic mass is 9.96. The Morgan fingerprint density at radius 1 is 1.23 bits per heavy atom. The molecular formula is C21H28FN5O3S. The summed E-state index contributed by atoms with van der Waals surface area (Å²) < 4.78 is 40.5. The second-order valence-corrected chi connectivity index (χ2v) is 10.6. The van der Waals surface area contributed by atoms with Crippen LogP contribution in [0.1, 0.15) is 41.4 Å². The second-order valence-electron chi connectivity index (χ2n) is 8.45. The molecule has 31 heavy (non-hydrogen) atoms. The molecule has 2 aliphatic rings. The number of hydrogen-bond donors (Lipinski definition) is 1. The molecule has 0 amide bonds. The van der Waals surface area contributed by atoms with Crippen molar-refractivity contribution in [2.24, 2.45) is 0 Å². The van der Waals surface area contributed by atoms with Crippen molar-refractivity contribution in [2.45, 2.75) is 38.3 Å². The van der Waals surface area contributed by atoms with Gasteiger partial charge in [0.2, 0.25) is 0 Å². The van der Waals surface area contributed by atoms with Crippen molar-refractivity contribution in [2.75, 3.05) is 33.7 Å². The lowest BCUT2D eigenvalue weighted by Crippen LogP contribution is -2.45. The molecule has 168 valence electrons. The first kappa shape index (κ1) is 22.1. The lowest BCUT2D eigenvalue weighted by Gasteiger charge is -2.33. The molecule has 0 saturated carbocycles. The number of rotatable bonds is 5. The van der Waals surface area contributed by atoms with Crippen molar-refractivity contribution in [3.63, 3.8) is 0 Å². The van der Waals surface area contributed by atoms with Crippen LogP contribution in [0.4, 0.5) is 4.39 Å². The van der Waals surface area contributed by atoms with E-state index in [1.165, 1.54) is 30.5 Å². The van der Waals surface area contributed by atoms with E-state index in [4.69, 9.17) is 4.98 Å². The van der Waals surface area contributed by atoms with E-state index in [0.29, 0.717) is 30.0 Å². The molecular weight excluding hydrogens is 421 g/mol. The number of piperidine rings is 1. The standard InChI is InChI=1S/C21H28FN5O3S/c1-25(2)31(29,30)27-11-9-19-18(14-27)21(28)24-20(23-19)16-4-3-10-26(13-16)12-15-5-7-17(22)8-6-15/h5-8,16H,3-4,9-14H2,1-2H3,(H,23,24,28). The molecule has 10 heteroatoms. The van der Waals surface area contributed by atoms with Crippen molar-refractivity contribution in [3.8, 4) is 0 Å². The van der Waals surface area contributed by atoms with Crippen LogP contribution in [-0.2, 0) is 29.7 Å². The molecule has 0 aliphatic carbocycles. The minimum absolute atomic E-state index is 0.0415. The molecule has 1 unspecified atom stereocenters. The van der Waals surface area contributed by atoms with Gasteiger partial charge in [-0.1, -0.05) is 12.1 Å². The van der Waals surface area contributed by atoms with Crippen LogP contribution in [0.25, 0.3) is 0 Å². The number of hydrogen-bond acceptors (Lipinski definition) is 5. The van der Waals surface area contributed by atoms with Crippen molar-refractivity contribution < 1.29 is 12.8 Å². The third-order valence-corrected chi connectivity index (χ3v) is 7.94. The predicted octanol–water partition coefficient (Wildman–Crippen LogP) is 1.45. The number of halogens is 1. The average molecular weight is 450 g/mol. The highest BCUT2D eigenvalue weighted by Gasteiger charge is 2.32. The fourth-order valence-electron chi connectivity index (χ4n) is 4.31. The number of nitrogens with one attached hydrogen (secondary N) is 1. The Morgan fingerprint density at radius 3 is 2.68 bits per heavy atom. The zero-order chi connectivity index (χ0) is 22.2. The first-order valence-electron chi connectivity index (χ1n) is 10.5. The summed E-state index contributed by atoms with van der Waals surface area (Å²) in [5.74, 6) is 0.542. The van der Waals surface area contributed by atoms with E-state index in [1.54, 1.807) is 12.1 Å². The maximum atomic E-state index is 13.2. The van der Waals surface area contributed by atoms with Crippen LogP contribution in [0.5, 0.6) is 0 Å². The monoisotopic (exact) mass is 449 g/mol. The number of H-pyrrole nitrogens is 1. The Bertz CT molecular complexity index is 1100. The van der Waals surface area contributed by atoms with Crippen molar-refractivity contribution in [1.82, 2.24) is 23.5 Å². The number of benzene rings is 1. The van der Waals surface area contributed by atoms with Crippen molar-refractivity contribution in [1.29, 1.82) is 0 Å². The van der Waals surface area contributed by atoms with Crippen molar-refractivity contribution in [3.05, 3.63) is 63.1 Å². The zero-order valence-corrected chi connectivity index (χ0v) is 18.7. The van der Waals surface area contributed by atoms with Gasteiger partial charge in [0.25, 0.3) is 15.8 Å². The van der Waals surface area contributed by atoms with E-state index in [9.17, 15) is 17.6 Å². The molecule has 0 bridgehead atoms. The smallest absolute Gasteiger partial charge is 0.281 e. The van der Waals surface area contributed by atoms with Crippen LogP contribution in [-0.4, -0.2) is 65.6 Å². The predicted molar refractivity (Wildman–Crippen MR) is 115 cm³/mol. The van der Waals surface area contributed by atoms with Crippen LogP contribution in [0.2, 0.25) is 0 Å². The molecule has 8 nitrogen and oxygen atoms in total. The number of fused-ring (bicyclic) bond motifs is 1. The largest absolute Gasteiger partial charge is 0.310 e. The van der Waals surface area contributed by atoms with E-state index in [2.05, 4.69) is 9.88 Å². The maximum Gasteiger partial charge on any atom is 0.281 e. The molecule has 2 aliphatic heterocycles. The van der Waals surface area contributed by atoms with Crippen LogP contribution < -0.4 is 5.56 Å². The Kier molecular flexibility index (Phi) is 6.25. The minimum atomic E-state index is -3.57. The first-order valence-corrected chi connectivity index (χ1v) is 11.9. The highest BCUT2D eigenvalue weighted by atomic mass is 32.2. The van der Waals surface area contributed by atoms with Crippen LogP contribution in [0.3, 0.4) is 0 Å². The zero-order valence-electron chi connectivity index (χ0n) is 17.8. The average Bonchev–Trinajstić information content (AvgIpc) is 2.75. The summed E-state index contributed by atoms with van der Waals surface area (Å²) in [5, 5.41) is 0. The van der Waals surface area contributed by atoms with Crippen LogP contribution in [0.15, 0.2) is 29.1 Å². The van der Waals surface area contributed by atoms with Crippen molar-refractivity contribution >= 4 is 10.2 Å². The molecule has 1 N–H and O–H groups in total. The van der Waals surface area contributed by atoms with Gasteiger partial charge in [-0.2, -0.15) is 17.0 Å². The quantitative estimate of drug-likeness (QED) is 0.746. The SMILES string of the molecule is CN(C)S(=O)(=O)N1CCc2nc(C3CCCN(Cc4ccc(F)cc4)C3)[nH]c(=O)c2C1. The van der Waals surface area contributed by atoms with E-state index < -0.39 is 10.2 Å². The molecule has 1 aromatic carbocycles. The molecule has 4 rings (SSSR count). The topological polar surface area (TPSA) is 89.6 Å². The fourth-order valence-corrected chi connectivity index (χ4v) is 5.39. The summed E-state index contributed by atoms with van der Waals surface area (Å²) in [6.45, 7) is 2.79. The summed E-state index contributed by atoms with van der Waals surface area (Å²) in [4.78, 5) is 22.8. The highest BCUT2D eigenvalue weighted by molar-refractivity contribution is 7.86. The molecule has 2 aromatic rings. The number of aromatic amines is 1. The summed E-state index contributed by atoms with van der Waals surface area (Å²) in [5.41, 5.74) is 1.92. The minimum Gasteiger partial charge on any atom is -0.310 e. The summed E-state index contributed by atoms with van der Waals surface area (Å²) in [6.07, 6.45) is 2.34. The van der Waals surface area contributed by atoms with Gasteiger partial charge in [0.15, 0.2) is 0 Å². The van der Waals surface area contributed by atoms with E-state index in [1.807, 2.05) is 0 Å². The van der Waals surface area contributed by atoms with Gasteiger partial charge >= 0.3 is 0 Å². The Labute approximate surface area is 181 Å². The van der Waals surface area contributed by atoms with Gasteiger partial charge in [-0.3, -0.25) is 9.69 Å². The summed E-state index contributed by atoms with van der Waals surface area (Å²) in [6, 6.07) is 6.54. The maximum absolute atomic E-state index is 13.2. The van der Waals surface area contributed by atoms with Gasteiger partial charge in [0.05, 0.1) is 11.3 Å². The van der Waals surface area contributed by atoms with Gasteiger partial charge in [-0.05, 0) is 37.1 Å². The number of aromatic nitrogens is 2. The molecule has 0 radical (unpaired) electrons. The molecule has 1 atom stereocenters. The first-order chi connectivity index (χ1) is 14.7. The van der Waals surface area contributed by atoms with E-state index in [0.717, 1.165) is 42.3 Å². The summed E-state index contributed by atoms with van der Waals surface area (Å²) >= 11 is 0. The van der Waals surface area contributed by atoms with Gasteiger partial charge in [-0.25, -0.2) is 9.37 Å². The normalized spacial score (nSPS) is 20.7. The lowest BCUT2D eigenvalue weighted by molar-refractivity contribution is 0.196. The van der Waals surface area contributed by atoms with Gasteiger partial charge in [0.1, 0.15) is 11.6 Å². The van der Waals surface area contributed by atoms with E-state index in [-0.39, 0.29) is 23.8 Å². The Morgan fingerprint density at radius 2 is 1.97 bits per heavy atom. The number of nitrogens with zero attached hydrogens (tertiary/aromatic N) is 4. The van der Waals surface area contributed by atoms with Crippen LogP contribution >= 0.6 is 0 Å². The summed E-state index contributed by atoms with van der Waals surface area (Å²) in [7, 11) is -0.607. The van der Waals surface area contributed by atoms with Gasteiger partial charge < -0.3 is 4.98 Å². The third kappa shape index (κ3) is 4.72. The Hall–Kier alpha value is -2.14. The second kappa shape index (κ2) is 8.78. The van der Waals surface area contributed by atoms with E-state index >= 15 is 0 Å². The highest BCUT2D eigenvalue weighted by Crippen LogP contribution is 2.27. The molecule has 0 spiro atoms. The molecule has 1 aromatic heterocycles. The fraction of sp³-hybridized carbons (Fsp3) is 0.524. The third-order valence-electron chi connectivity index (χ3n) is 6.05. The number of likely N-dealkylation sites (tertiary alicyclic amines) is 1. The van der Waals surface area contributed by atoms with Gasteiger partial charge in [0, 0.05) is 52.6 Å². The van der Waals surface area contributed by atoms with Gasteiger partial charge in [-0.15, -0.1) is 0 Å². The molecule has 1 saturated heterocycles. The molecule has 3 heterocycles.